The number of hydrogen-bond acceptors (Lipinski definition) is 3. The predicted octanol–water partition coefficient (Wildman–Crippen LogP) is 3.17. The van der Waals surface area contributed by atoms with Gasteiger partial charge >= 0.3 is 0 Å². The van der Waals surface area contributed by atoms with Gasteiger partial charge in [0, 0.05) is 24.5 Å². The van der Waals surface area contributed by atoms with Gasteiger partial charge < -0.3 is 9.30 Å². The Morgan fingerprint density at radius 2 is 2.05 bits per heavy atom. The molecule has 0 aliphatic rings. The van der Waals surface area contributed by atoms with Gasteiger partial charge in [-0.2, -0.15) is 0 Å². The van der Waals surface area contributed by atoms with E-state index in [1.54, 1.807) is 7.11 Å². The van der Waals surface area contributed by atoms with Gasteiger partial charge in [-0.1, -0.05) is 44.0 Å². The van der Waals surface area contributed by atoms with E-state index in [0.717, 1.165) is 29.1 Å². The lowest BCUT2D eigenvalue weighted by Gasteiger charge is -2.09. The Morgan fingerprint density at radius 1 is 1.26 bits per heavy atom. The molecule has 0 bridgehead atoms. The summed E-state index contributed by atoms with van der Waals surface area (Å²) in [6.07, 6.45) is 0.767. The van der Waals surface area contributed by atoms with Gasteiger partial charge in [0.2, 0.25) is 0 Å². The third kappa shape index (κ3) is 3.87. The van der Waals surface area contributed by atoms with Crippen molar-refractivity contribution in [1.82, 2.24) is 14.8 Å². The molecule has 0 fully saturated rings. The highest BCUT2D eigenvalue weighted by molar-refractivity contribution is 9.10. The lowest BCUT2D eigenvalue weighted by Crippen LogP contribution is -2.11. The number of halogens is 2. The molecule has 0 aliphatic carbocycles. The fourth-order valence-electron chi connectivity index (χ4n) is 1.87. The van der Waals surface area contributed by atoms with Crippen molar-refractivity contribution >= 4 is 31.9 Å². The van der Waals surface area contributed by atoms with Crippen LogP contribution in [0.5, 0.6) is 0 Å². The largest absolute Gasteiger partial charge is 0.383 e. The summed E-state index contributed by atoms with van der Waals surface area (Å²) in [5.74, 6) is 1.90. The van der Waals surface area contributed by atoms with Crippen LogP contribution in [0.25, 0.3) is 0 Å². The van der Waals surface area contributed by atoms with Crippen molar-refractivity contribution in [3.63, 3.8) is 0 Å². The summed E-state index contributed by atoms with van der Waals surface area (Å²) in [6, 6.07) is 8.24. The summed E-state index contributed by atoms with van der Waals surface area (Å²) < 4.78 is 8.33. The molecular weight excluding hydrogens is 374 g/mol. The first-order valence-electron chi connectivity index (χ1n) is 5.95. The minimum absolute atomic E-state index is 0.656. The molecular formula is C13H15Br2N3O. The first kappa shape index (κ1) is 14.7. The van der Waals surface area contributed by atoms with Crippen molar-refractivity contribution in [2.45, 2.75) is 18.3 Å². The third-order valence-electron chi connectivity index (χ3n) is 2.79. The van der Waals surface area contributed by atoms with Crippen LogP contribution in [-0.4, -0.2) is 28.5 Å². The predicted molar refractivity (Wildman–Crippen MR) is 81.5 cm³/mol. The molecule has 1 heterocycles. The molecule has 0 unspecified atom stereocenters. The fourth-order valence-corrected chi connectivity index (χ4v) is 2.73. The minimum Gasteiger partial charge on any atom is -0.383 e. The molecule has 102 valence electrons. The highest BCUT2D eigenvalue weighted by Crippen LogP contribution is 2.16. The normalized spacial score (nSPS) is 10.9. The second kappa shape index (κ2) is 7.17. The van der Waals surface area contributed by atoms with Crippen LogP contribution in [0.1, 0.15) is 17.2 Å². The Morgan fingerprint density at radius 3 is 2.74 bits per heavy atom. The standard InChI is InChI=1S/C13H15Br2N3O/c1-19-6-5-18-12(16-17-13(18)9-14)8-10-3-2-4-11(15)7-10/h2-4,7H,5-6,8-9H2,1H3. The van der Waals surface area contributed by atoms with Crippen molar-refractivity contribution < 1.29 is 4.74 Å². The van der Waals surface area contributed by atoms with Crippen LogP contribution >= 0.6 is 31.9 Å². The molecule has 2 aromatic rings. The quantitative estimate of drug-likeness (QED) is 0.713. The maximum atomic E-state index is 5.14. The van der Waals surface area contributed by atoms with E-state index in [-0.39, 0.29) is 0 Å². The number of alkyl halides is 1. The first-order valence-corrected chi connectivity index (χ1v) is 7.86. The highest BCUT2D eigenvalue weighted by Gasteiger charge is 2.11. The van der Waals surface area contributed by atoms with Crippen molar-refractivity contribution in [2.75, 3.05) is 13.7 Å². The van der Waals surface area contributed by atoms with Gasteiger partial charge in [0.15, 0.2) is 0 Å². The number of ether oxygens (including phenoxy) is 1. The zero-order chi connectivity index (χ0) is 13.7. The smallest absolute Gasteiger partial charge is 0.143 e. The van der Waals surface area contributed by atoms with Crippen molar-refractivity contribution in [1.29, 1.82) is 0 Å². The molecule has 19 heavy (non-hydrogen) atoms. The second-order valence-electron chi connectivity index (χ2n) is 4.12. The molecule has 2 rings (SSSR count). The van der Waals surface area contributed by atoms with E-state index >= 15 is 0 Å². The SMILES string of the molecule is COCCn1c(CBr)nnc1Cc1cccc(Br)c1. The van der Waals surface area contributed by atoms with Gasteiger partial charge in [0.05, 0.1) is 11.9 Å². The van der Waals surface area contributed by atoms with E-state index < -0.39 is 0 Å². The van der Waals surface area contributed by atoms with Gasteiger partial charge in [-0.25, -0.2) is 0 Å². The van der Waals surface area contributed by atoms with Gasteiger partial charge in [-0.3, -0.25) is 0 Å². The Balaban J connectivity index is 2.21. The molecule has 0 saturated carbocycles. The highest BCUT2D eigenvalue weighted by atomic mass is 79.9. The molecule has 0 spiro atoms. The molecule has 1 aromatic carbocycles. The number of benzene rings is 1. The summed E-state index contributed by atoms with van der Waals surface area (Å²) in [6.45, 7) is 1.43. The Labute approximate surface area is 129 Å². The van der Waals surface area contributed by atoms with Crippen LogP contribution in [0.15, 0.2) is 28.7 Å². The van der Waals surface area contributed by atoms with E-state index in [9.17, 15) is 0 Å². The minimum atomic E-state index is 0.656. The van der Waals surface area contributed by atoms with E-state index in [1.165, 1.54) is 5.56 Å². The van der Waals surface area contributed by atoms with E-state index in [1.807, 2.05) is 12.1 Å². The zero-order valence-electron chi connectivity index (χ0n) is 10.6. The molecule has 1 aromatic heterocycles. The van der Waals surface area contributed by atoms with Crippen LogP contribution in [0, 0.1) is 0 Å². The van der Waals surface area contributed by atoms with Gasteiger partial charge in [-0.15, -0.1) is 10.2 Å². The summed E-state index contributed by atoms with van der Waals surface area (Å²) in [7, 11) is 1.70. The van der Waals surface area contributed by atoms with Crippen molar-refractivity contribution in [3.8, 4) is 0 Å². The van der Waals surface area contributed by atoms with E-state index in [4.69, 9.17) is 4.74 Å². The van der Waals surface area contributed by atoms with Crippen molar-refractivity contribution in [2.24, 2.45) is 0 Å². The summed E-state index contributed by atoms with van der Waals surface area (Å²) in [5.41, 5.74) is 1.21. The number of rotatable bonds is 6. The molecule has 6 heteroatoms. The van der Waals surface area contributed by atoms with Crippen LogP contribution in [0.3, 0.4) is 0 Å². The topological polar surface area (TPSA) is 39.9 Å². The molecule has 0 amide bonds. The average molecular weight is 389 g/mol. The summed E-state index contributed by atoms with van der Waals surface area (Å²) in [5, 5.41) is 9.18. The van der Waals surface area contributed by atoms with Gasteiger partial charge in [0.1, 0.15) is 11.6 Å². The Kier molecular flexibility index (Phi) is 5.54. The fraction of sp³-hybridized carbons (Fsp3) is 0.385. The van der Waals surface area contributed by atoms with E-state index in [0.29, 0.717) is 11.9 Å². The first-order chi connectivity index (χ1) is 9.24. The summed E-state index contributed by atoms with van der Waals surface area (Å²) >= 11 is 6.92. The van der Waals surface area contributed by atoms with Crippen LogP contribution in [0.2, 0.25) is 0 Å². The molecule has 0 aliphatic heterocycles. The monoisotopic (exact) mass is 387 g/mol. The number of nitrogens with zero attached hydrogens (tertiary/aromatic N) is 3. The average Bonchev–Trinajstić information content (AvgIpc) is 2.78. The molecule has 0 atom stereocenters. The van der Waals surface area contributed by atoms with Crippen LogP contribution < -0.4 is 0 Å². The molecule has 4 nitrogen and oxygen atoms in total. The Hall–Kier alpha value is -0.720. The van der Waals surface area contributed by atoms with Crippen LogP contribution in [0.4, 0.5) is 0 Å². The zero-order valence-corrected chi connectivity index (χ0v) is 13.8. The van der Waals surface area contributed by atoms with Gasteiger partial charge in [0.25, 0.3) is 0 Å². The van der Waals surface area contributed by atoms with Crippen molar-refractivity contribution in [3.05, 3.63) is 46.0 Å². The van der Waals surface area contributed by atoms with Gasteiger partial charge in [-0.05, 0) is 17.7 Å². The third-order valence-corrected chi connectivity index (χ3v) is 3.79. The van der Waals surface area contributed by atoms with Crippen LogP contribution in [-0.2, 0) is 23.0 Å². The maximum Gasteiger partial charge on any atom is 0.143 e. The number of aromatic nitrogens is 3. The van der Waals surface area contributed by atoms with E-state index in [2.05, 4.69) is 58.8 Å². The lowest BCUT2D eigenvalue weighted by molar-refractivity contribution is 0.185. The number of methoxy groups -OCH3 is 1. The lowest BCUT2D eigenvalue weighted by atomic mass is 10.1. The summed E-state index contributed by atoms with van der Waals surface area (Å²) in [4.78, 5) is 0. The molecule has 0 N–H and O–H groups in total. The number of hydrogen-bond donors (Lipinski definition) is 0. The second-order valence-corrected chi connectivity index (χ2v) is 5.59. The maximum absolute atomic E-state index is 5.14. The molecule has 0 saturated heterocycles. The Bertz CT molecular complexity index is 542. The molecule has 0 radical (unpaired) electrons.